The highest BCUT2D eigenvalue weighted by molar-refractivity contribution is 5.93. The van der Waals surface area contributed by atoms with Crippen LogP contribution in [0.4, 0.5) is 0 Å². The van der Waals surface area contributed by atoms with E-state index < -0.39 is 0 Å². The largest absolute Gasteiger partial charge is 0.357 e. The van der Waals surface area contributed by atoms with Gasteiger partial charge in [0.25, 0.3) is 5.91 Å². The summed E-state index contributed by atoms with van der Waals surface area (Å²) < 4.78 is 1.97. The van der Waals surface area contributed by atoms with E-state index in [1.165, 1.54) is 5.39 Å². The molecule has 7 heteroatoms. The summed E-state index contributed by atoms with van der Waals surface area (Å²) in [5.74, 6) is 0.00559. The molecule has 2 aromatic heterocycles. The van der Waals surface area contributed by atoms with Crippen LogP contribution in [-0.2, 0) is 0 Å². The van der Waals surface area contributed by atoms with Crippen molar-refractivity contribution in [2.24, 2.45) is 0 Å². The minimum atomic E-state index is 0.00559. The fourth-order valence-electron chi connectivity index (χ4n) is 4.85. The zero-order chi connectivity index (χ0) is 19.8. The van der Waals surface area contributed by atoms with Crippen LogP contribution in [0.2, 0.25) is 0 Å². The predicted molar refractivity (Wildman–Crippen MR) is 112 cm³/mol. The number of fused-ring (bicyclic) bond motifs is 1. The van der Waals surface area contributed by atoms with Crippen molar-refractivity contribution >= 4 is 16.8 Å². The van der Waals surface area contributed by atoms with Crippen molar-refractivity contribution in [2.75, 3.05) is 19.6 Å². The number of carbonyl (C=O) groups excluding carboxylic acids is 1. The summed E-state index contributed by atoms with van der Waals surface area (Å²) in [5, 5.41) is 13.3. The number of nitrogens with zero attached hydrogens (tertiary/aromatic N) is 4. The second-order valence-corrected chi connectivity index (χ2v) is 8.27. The maximum atomic E-state index is 13.5. The molecule has 29 heavy (non-hydrogen) atoms. The van der Waals surface area contributed by atoms with Crippen molar-refractivity contribution < 1.29 is 4.79 Å². The van der Waals surface area contributed by atoms with E-state index in [0.717, 1.165) is 68.6 Å². The highest BCUT2D eigenvalue weighted by Gasteiger charge is 2.33. The topological polar surface area (TPSA) is 78.8 Å². The second kappa shape index (κ2) is 7.63. The third-order valence-electron chi connectivity index (χ3n) is 6.46. The summed E-state index contributed by atoms with van der Waals surface area (Å²) in [6.07, 6.45) is 5.19. The highest BCUT2D eigenvalue weighted by atomic mass is 16.2. The fourth-order valence-corrected chi connectivity index (χ4v) is 4.85. The third-order valence-corrected chi connectivity index (χ3v) is 6.46. The summed E-state index contributed by atoms with van der Waals surface area (Å²) in [7, 11) is 0. The molecule has 2 fully saturated rings. The normalized spacial score (nSPS) is 21.0. The van der Waals surface area contributed by atoms with Gasteiger partial charge < -0.3 is 15.2 Å². The molecule has 0 bridgehead atoms. The molecule has 0 spiro atoms. The first-order chi connectivity index (χ1) is 14.2. The lowest BCUT2D eigenvalue weighted by Crippen LogP contribution is -2.39. The van der Waals surface area contributed by atoms with Gasteiger partial charge in [-0.3, -0.25) is 4.79 Å². The van der Waals surface area contributed by atoms with Crippen molar-refractivity contribution in [3.05, 3.63) is 47.4 Å². The minimum Gasteiger partial charge on any atom is -0.357 e. The van der Waals surface area contributed by atoms with Crippen LogP contribution in [0, 0.1) is 6.92 Å². The number of amides is 1. The number of rotatable bonds is 3. The average molecular weight is 393 g/mol. The fraction of sp³-hybridized carbons (Fsp3) is 0.500. The maximum absolute atomic E-state index is 13.5. The molecule has 1 aromatic carbocycles. The van der Waals surface area contributed by atoms with Crippen molar-refractivity contribution in [3.63, 3.8) is 0 Å². The summed E-state index contributed by atoms with van der Waals surface area (Å²) >= 11 is 0. The van der Waals surface area contributed by atoms with E-state index in [-0.39, 0.29) is 11.9 Å². The van der Waals surface area contributed by atoms with Crippen LogP contribution in [0.25, 0.3) is 10.9 Å². The van der Waals surface area contributed by atoms with Crippen LogP contribution in [-0.4, -0.2) is 50.4 Å². The molecule has 2 saturated heterocycles. The van der Waals surface area contributed by atoms with Gasteiger partial charge in [0, 0.05) is 17.8 Å². The van der Waals surface area contributed by atoms with Crippen molar-refractivity contribution in [1.29, 1.82) is 0 Å². The summed E-state index contributed by atoms with van der Waals surface area (Å²) in [6.45, 7) is 4.72. The summed E-state index contributed by atoms with van der Waals surface area (Å²) in [5.41, 5.74) is 3.63. The molecular weight excluding hydrogens is 364 g/mol. The number of nitrogens with one attached hydrogen (secondary N) is 2. The molecule has 1 amide bonds. The van der Waals surface area contributed by atoms with Gasteiger partial charge >= 0.3 is 0 Å². The van der Waals surface area contributed by atoms with Crippen LogP contribution in [0.1, 0.15) is 66.1 Å². The second-order valence-electron chi connectivity index (χ2n) is 8.27. The Labute approximate surface area is 170 Å². The molecule has 2 aliphatic rings. The van der Waals surface area contributed by atoms with E-state index in [2.05, 4.69) is 38.8 Å². The molecular formula is C22H28N6O. The van der Waals surface area contributed by atoms with Gasteiger partial charge in [0.1, 0.15) is 0 Å². The Kier molecular flexibility index (Phi) is 4.83. The zero-order valence-electron chi connectivity index (χ0n) is 16.9. The SMILES string of the molecule is Cc1c(C(=O)N2CCCCC2c2cc3ccccc3[nH]2)nnn1C1CCNCC1. The van der Waals surface area contributed by atoms with Gasteiger partial charge in [-0.2, -0.15) is 0 Å². The van der Waals surface area contributed by atoms with Gasteiger partial charge in [-0.05, 0) is 69.6 Å². The molecule has 7 nitrogen and oxygen atoms in total. The number of H-pyrrole nitrogens is 1. The zero-order valence-corrected chi connectivity index (χ0v) is 16.9. The lowest BCUT2D eigenvalue weighted by atomic mass is 9.98. The van der Waals surface area contributed by atoms with E-state index in [1.807, 2.05) is 28.6 Å². The molecule has 3 aromatic rings. The van der Waals surface area contributed by atoms with Gasteiger partial charge in [-0.1, -0.05) is 23.4 Å². The molecule has 2 aliphatic heterocycles. The quantitative estimate of drug-likeness (QED) is 0.716. The Morgan fingerprint density at radius 1 is 1.14 bits per heavy atom. The molecule has 1 unspecified atom stereocenters. The Morgan fingerprint density at radius 2 is 1.97 bits per heavy atom. The van der Waals surface area contributed by atoms with Crippen molar-refractivity contribution in [2.45, 2.75) is 51.1 Å². The lowest BCUT2D eigenvalue weighted by molar-refractivity contribution is 0.0600. The number of hydrogen-bond donors (Lipinski definition) is 2. The minimum absolute atomic E-state index is 0.00559. The number of aromatic amines is 1. The Morgan fingerprint density at radius 3 is 2.79 bits per heavy atom. The monoisotopic (exact) mass is 392 g/mol. The van der Waals surface area contributed by atoms with E-state index in [1.54, 1.807) is 0 Å². The maximum Gasteiger partial charge on any atom is 0.276 e. The Hall–Kier alpha value is -2.67. The van der Waals surface area contributed by atoms with Crippen LogP contribution >= 0.6 is 0 Å². The number of carbonyl (C=O) groups is 1. The average Bonchev–Trinajstić information content (AvgIpc) is 3.37. The molecule has 5 rings (SSSR count). The van der Waals surface area contributed by atoms with Crippen LogP contribution in [0.15, 0.2) is 30.3 Å². The first-order valence-electron chi connectivity index (χ1n) is 10.7. The van der Waals surface area contributed by atoms with Gasteiger partial charge in [-0.15, -0.1) is 5.10 Å². The molecule has 0 saturated carbocycles. The summed E-state index contributed by atoms with van der Waals surface area (Å²) in [6, 6.07) is 10.9. The van der Waals surface area contributed by atoms with E-state index in [9.17, 15) is 4.79 Å². The van der Waals surface area contributed by atoms with Crippen LogP contribution in [0.5, 0.6) is 0 Å². The number of para-hydroxylation sites is 1. The Balaban J connectivity index is 1.43. The molecule has 1 atom stereocenters. The lowest BCUT2D eigenvalue weighted by Gasteiger charge is -2.35. The van der Waals surface area contributed by atoms with E-state index >= 15 is 0 Å². The third kappa shape index (κ3) is 3.33. The standard InChI is InChI=1S/C22H28N6O/c1-15-21(25-26-28(15)17-9-11-23-12-10-17)22(29)27-13-5-4-8-20(27)19-14-16-6-2-3-7-18(16)24-19/h2-3,6-7,14,17,20,23-24H,4-5,8-13H2,1H3. The summed E-state index contributed by atoms with van der Waals surface area (Å²) in [4.78, 5) is 19.0. The van der Waals surface area contributed by atoms with Gasteiger partial charge in [0.15, 0.2) is 5.69 Å². The van der Waals surface area contributed by atoms with Gasteiger partial charge in [-0.25, -0.2) is 4.68 Å². The molecule has 2 N–H and O–H groups in total. The van der Waals surface area contributed by atoms with Gasteiger partial charge in [0.05, 0.1) is 17.8 Å². The van der Waals surface area contributed by atoms with Crippen LogP contribution < -0.4 is 5.32 Å². The first-order valence-corrected chi connectivity index (χ1v) is 10.7. The number of piperidine rings is 2. The highest BCUT2D eigenvalue weighted by Crippen LogP contribution is 2.33. The van der Waals surface area contributed by atoms with Crippen LogP contribution in [0.3, 0.4) is 0 Å². The van der Waals surface area contributed by atoms with Crippen molar-refractivity contribution in [1.82, 2.24) is 30.2 Å². The van der Waals surface area contributed by atoms with Crippen molar-refractivity contribution in [3.8, 4) is 0 Å². The van der Waals surface area contributed by atoms with E-state index in [0.29, 0.717) is 11.7 Å². The smallest absolute Gasteiger partial charge is 0.276 e. The molecule has 152 valence electrons. The molecule has 0 radical (unpaired) electrons. The first kappa shape index (κ1) is 18.4. The number of hydrogen-bond acceptors (Lipinski definition) is 4. The number of likely N-dealkylation sites (tertiary alicyclic amines) is 1. The predicted octanol–water partition coefficient (Wildman–Crippen LogP) is 3.36. The van der Waals surface area contributed by atoms with E-state index in [4.69, 9.17) is 0 Å². The number of aromatic nitrogens is 4. The van der Waals surface area contributed by atoms with Gasteiger partial charge in [0.2, 0.25) is 0 Å². The number of benzene rings is 1. The molecule has 0 aliphatic carbocycles. The molecule has 4 heterocycles. The Bertz CT molecular complexity index is 982.